The van der Waals surface area contributed by atoms with Gasteiger partial charge in [0.05, 0.1) is 5.69 Å². The van der Waals surface area contributed by atoms with Crippen molar-refractivity contribution in [3.05, 3.63) is 23.2 Å². The average molecular weight is 340 g/mol. The van der Waals surface area contributed by atoms with Crippen molar-refractivity contribution in [1.29, 1.82) is 0 Å². The van der Waals surface area contributed by atoms with Crippen LogP contribution >= 0.6 is 11.3 Å². The summed E-state index contributed by atoms with van der Waals surface area (Å²) < 4.78 is 32.7. The van der Waals surface area contributed by atoms with E-state index in [1.807, 2.05) is 18.4 Å². The van der Waals surface area contributed by atoms with E-state index in [1.54, 1.807) is 17.4 Å². The van der Waals surface area contributed by atoms with Gasteiger partial charge >= 0.3 is 0 Å². The molecule has 0 N–H and O–H groups in total. The summed E-state index contributed by atoms with van der Waals surface area (Å²) in [4.78, 5) is 0. The number of rotatable bonds is 4. The topological polar surface area (TPSA) is 63.4 Å². The van der Waals surface area contributed by atoms with Crippen molar-refractivity contribution in [2.24, 2.45) is 0 Å². The van der Waals surface area contributed by atoms with E-state index >= 15 is 0 Å². The zero-order valence-electron chi connectivity index (χ0n) is 12.8. The van der Waals surface area contributed by atoms with Gasteiger partial charge in [-0.3, -0.25) is 0 Å². The SMILES string of the molecule is Cc1cc(-c2csc(S(=O)(=O)N(C)C3CCCCC3)c2)on1. The smallest absolute Gasteiger partial charge is 0.252 e. The first-order valence-corrected chi connectivity index (χ1v) is 9.81. The van der Waals surface area contributed by atoms with E-state index in [-0.39, 0.29) is 6.04 Å². The zero-order chi connectivity index (χ0) is 15.7. The molecule has 3 rings (SSSR count). The molecule has 0 aliphatic heterocycles. The lowest BCUT2D eigenvalue weighted by atomic mass is 9.96. The van der Waals surface area contributed by atoms with Crippen LogP contribution in [0.5, 0.6) is 0 Å². The summed E-state index contributed by atoms with van der Waals surface area (Å²) in [6.45, 7) is 1.84. The Kier molecular flexibility index (Phi) is 4.38. The minimum atomic E-state index is -3.43. The molecule has 0 spiro atoms. The molecule has 0 saturated heterocycles. The number of hydrogen-bond acceptors (Lipinski definition) is 5. The number of aryl methyl sites for hydroxylation is 1. The Balaban J connectivity index is 1.84. The van der Waals surface area contributed by atoms with E-state index in [0.29, 0.717) is 9.97 Å². The Morgan fingerprint density at radius 3 is 2.64 bits per heavy atom. The lowest BCUT2D eigenvalue weighted by Gasteiger charge is -2.29. The van der Waals surface area contributed by atoms with E-state index in [4.69, 9.17) is 4.52 Å². The fourth-order valence-electron chi connectivity index (χ4n) is 2.86. The monoisotopic (exact) mass is 340 g/mol. The van der Waals surface area contributed by atoms with E-state index in [0.717, 1.165) is 36.9 Å². The fraction of sp³-hybridized carbons (Fsp3) is 0.533. The third-order valence-electron chi connectivity index (χ3n) is 4.21. The largest absolute Gasteiger partial charge is 0.356 e. The minimum absolute atomic E-state index is 0.122. The molecule has 1 aliphatic rings. The first kappa shape index (κ1) is 15.7. The van der Waals surface area contributed by atoms with Crippen molar-refractivity contribution in [2.45, 2.75) is 49.3 Å². The van der Waals surface area contributed by atoms with Crippen LogP contribution in [0, 0.1) is 6.92 Å². The molecule has 5 nitrogen and oxygen atoms in total. The Bertz CT molecular complexity index is 742. The fourth-order valence-corrected chi connectivity index (χ4v) is 5.63. The first-order chi connectivity index (χ1) is 10.5. The molecule has 120 valence electrons. The van der Waals surface area contributed by atoms with Crippen molar-refractivity contribution in [2.75, 3.05) is 7.05 Å². The summed E-state index contributed by atoms with van der Waals surface area (Å²) in [6.07, 6.45) is 5.33. The minimum Gasteiger partial charge on any atom is -0.356 e. The van der Waals surface area contributed by atoms with Gasteiger partial charge in [0.25, 0.3) is 10.0 Å². The third-order valence-corrected chi connectivity index (χ3v) is 7.54. The number of nitrogens with zero attached hydrogens (tertiary/aromatic N) is 2. The summed E-state index contributed by atoms with van der Waals surface area (Å²) in [7, 11) is -1.73. The third kappa shape index (κ3) is 2.98. The molecule has 1 fully saturated rings. The molecule has 0 aromatic carbocycles. The first-order valence-electron chi connectivity index (χ1n) is 7.49. The molecule has 0 unspecified atom stereocenters. The zero-order valence-corrected chi connectivity index (χ0v) is 14.4. The van der Waals surface area contributed by atoms with Crippen LogP contribution < -0.4 is 0 Å². The molecule has 1 aliphatic carbocycles. The van der Waals surface area contributed by atoms with Crippen molar-refractivity contribution in [3.8, 4) is 11.3 Å². The van der Waals surface area contributed by atoms with Crippen LogP contribution in [0.2, 0.25) is 0 Å². The van der Waals surface area contributed by atoms with Crippen molar-refractivity contribution in [1.82, 2.24) is 9.46 Å². The van der Waals surface area contributed by atoms with Gasteiger partial charge < -0.3 is 4.52 Å². The lowest BCUT2D eigenvalue weighted by Crippen LogP contribution is -2.37. The predicted octanol–water partition coefficient (Wildman–Crippen LogP) is 3.66. The van der Waals surface area contributed by atoms with Gasteiger partial charge in [0.15, 0.2) is 5.76 Å². The van der Waals surface area contributed by atoms with Crippen LogP contribution in [0.1, 0.15) is 37.8 Å². The number of aromatic nitrogens is 1. The molecule has 0 radical (unpaired) electrons. The van der Waals surface area contributed by atoms with Crippen LogP contribution in [0.15, 0.2) is 26.2 Å². The van der Waals surface area contributed by atoms with Gasteiger partial charge in [0.1, 0.15) is 4.21 Å². The standard InChI is InChI=1S/C15H20N2O3S2/c1-11-8-14(20-16-11)12-9-15(21-10-12)22(18,19)17(2)13-6-4-3-5-7-13/h8-10,13H,3-7H2,1-2H3. The maximum absolute atomic E-state index is 12.8. The summed E-state index contributed by atoms with van der Waals surface area (Å²) in [6, 6.07) is 3.61. The van der Waals surface area contributed by atoms with Gasteiger partial charge in [-0.25, -0.2) is 8.42 Å². The van der Waals surface area contributed by atoms with Crippen LogP contribution in [-0.4, -0.2) is 31.0 Å². The molecule has 1 saturated carbocycles. The normalized spacial score (nSPS) is 17.2. The number of thiophene rings is 1. The van der Waals surface area contributed by atoms with E-state index in [9.17, 15) is 8.42 Å². The lowest BCUT2D eigenvalue weighted by molar-refractivity contribution is 0.286. The summed E-state index contributed by atoms with van der Waals surface area (Å²) in [5.74, 6) is 0.607. The highest BCUT2D eigenvalue weighted by atomic mass is 32.2. The molecule has 0 atom stereocenters. The predicted molar refractivity (Wildman–Crippen MR) is 86.4 cm³/mol. The van der Waals surface area contributed by atoms with Crippen molar-refractivity contribution < 1.29 is 12.9 Å². The van der Waals surface area contributed by atoms with Crippen LogP contribution in [-0.2, 0) is 10.0 Å². The highest BCUT2D eigenvalue weighted by Gasteiger charge is 2.30. The second-order valence-corrected chi connectivity index (χ2v) is 8.94. The number of hydrogen-bond donors (Lipinski definition) is 0. The molecule has 0 amide bonds. The quantitative estimate of drug-likeness (QED) is 0.852. The highest BCUT2D eigenvalue weighted by molar-refractivity contribution is 7.91. The van der Waals surface area contributed by atoms with Crippen molar-refractivity contribution in [3.63, 3.8) is 0 Å². The van der Waals surface area contributed by atoms with Crippen molar-refractivity contribution >= 4 is 21.4 Å². The highest BCUT2D eigenvalue weighted by Crippen LogP contribution is 2.32. The molecular formula is C15H20N2O3S2. The van der Waals surface area contributed by atoms with Crippen LogP contribution in [0.4, 0.5) is 0 Å². The van der Waals surface area contributed by atoms with Gasteiger partial charge in [-0.05, 0) is 25.8 Å². The second-order valence-electron chi connectivity index (χ2n) is 5.80. The Labute approximate surface area is 135 Å². The van der Waals surface area contributed by atoms with Crippen LogP contribution in [0.3, 0.4) is 0 Å². The van der Waals surface area contributed by atoms with Crippen LogP contribution in [0.25, 0.3) is 11.3 Å². The molecule has 2 aromatic heterocycles. The van der Waals surface area contributed by atoms with E-state index in [2.05, 4.69) is 5.16 Å². The number of sulfonamides is 1. The summed E-state index contributed by atoms with van der Waals surface area (Å²) in [5.41, 5.74) is 1.55. The second kappa shape index (κ2) is 6.14. The van der Waals surface area contributed by atoms with Gasteiger partial charge in [-0.15, -0.1) is 11.3 Å². The summed E-state index contributed by atoms with van der Waals surface area (Å²) >= 11 is 1.24. The molecule has 22 heavy (non-hydrogen) atoms. The molecular weight excluding hydrogens is 320 g/mol. The van der Waals surface area contributed by atoms with Gasteiger partial charge in [-0.1, -0.05) is 24.4 Å². The van der Waals surface area contributed by atoms with Gasteiger partial charge in [0, 0.05) is 30.1 Å². The molecule has 0 bridgehead atoms. The summed E-state index contributed by atoms with van der Waals surface area (Å²) in [5, 5.41) is 5.65. The Hall–Kier alpha value is -1.18. The Morgan fingerprint density at radius 1 is 1.27 bits per heavy atom. The Morgan fingerprint density at radius 2 is 2.00 bits per heavy atom. The van der Waals surface area contributed by atoms with Gasteiger partial charge in [0.2, 0.25) is 0 Å². The molecule has 7 heteroatoms. The van der Waals surface area contributed by atoms with E-state index < -0.39 is 10.0 Å². The van der Waals surface area contributed by atoms with E-state index in [1.165, 1.54) is 17.8 Å². The van der Waals surface area contributed by atoms with Gasteiger partial charge in [-0.2, -0.15) is 4.31 Å². The maximum Gasteiger partial charge on any atom is 0.252 e. The maximum atomic E-state index is 12.8. The molecule has 2 heterocycles. The molecule has 2 aromatic rings. The average Bonchev–Trinajstić information content (AvgIpc) is 3.16.